The third-order valence-electron chi connectivity index (χ3n) is 3.48. The molecule has 0 atom stereocenters. The number of hydrogen-bond donors (Lipinski definition) is 2. The van der Waals surface area contributed by atoms with E-state index in [-0.39, 0.29) is 19.1 Å². The van der Waals surface area contributed by atoms with Gasteiger partial charge in [0.05, 0.1) is 11.4 Å². The van der Waals surface area contributed by atoms with Crippen LogP contribution in [0.25, 0.3) is 6.08 Å². The van der Waals surface area contributed by atoms with Crippen molar-refractivity contribution in [3.05, 3.63) is 58.6 Å². The van der Waals surface area contributed by atoms with Crippen LogP contribution in [0.1, 0.15) is 11.1 Å². The van der Waals surface area contributed by atoms with Gasteiger partial charge in [0.15, 0.2) is 11.5 Å². The lowest BCUT2D eigenvalue weighted by atomic mass is 10.1. The van der Waals surface area contributed by atoms with Gasteiger partial charge in [-0.2, -0.15) is 0 Å². The van der Waals surface area contributed by atoms with E-state index in [1.54, 1.807) is 42.5 Å². The Morgan fingerprint density at radius 2 is 1.96 bits per heavy atom. The molecular formula is C18H15ClN2O4. The summed E-state index contributed by atoms with van der Waals surface area (Å²) in [4.78, 5) is 22.9. The topological polar surface area (TPSA) is 90.7 Å². The quantitative estimate of drug-likeness (QED) is 0.804. The van der Waals surface area contributed by atoms with E-state index in [0.717, 1.165) is 11.1 Å². The molecule has 0 aromatic heterocycles. The predicted octanol–water partition coefficient (Wildman–Crippen LogP) is 2.75. The Labute approximate surface area is 149 Å². The molecule has 2 amide bonds. The fourth-order valence-corrected chi connectivity index (χ4v) is 2.62. The molecule has 3 rings (SSSR count). The van der Waals surface area contributed by atoms with Crippen LogP contribution in [0, 0.1) is 0 Å². The monoisotopic (exact) mass is 358 g/mol. The van der Waals surface area contributed by atoms with Gasteiger partial charge in [-0.25, -0.2) is 0 Å². The van der Waals surface area contributed by atoms with E-state index in [4.69, 9.17) is 26.8 Å². The van der Waals surface area contributed by atoms with Crippen LogP contribution in [-0.4, -0.2) is 18.6 Å². The van der Waals surface area contributed by atoms with Gasteiger partial charge in [-0.3, -0.25) is 9.59 Å². The molecule has 1 heterocycles. The minimum absolute atomic E-state index is 0.133. The van der Waals surface area contributed by atoms with E-state index < -0.39 is 5.91 Å². The van der Waals surface area contributed by atoms with Crippen LogP contribution in [0.4, 0.5) is 5.69 Å². The van der Waals surface area contributed by atoms with Crippen molar-refractivity contribution in [3.8, 4) is 11.5 Å². The number of primary amides is 1. The number of ether oxygens (including phenoxy) is 2. The lowest BCUT2D eigenvalue weighted by molar-refractivity contribution is -0.117. The van der Waals surface area contributed by atoms with Gasteiger partial charge in [-0.05, 0) is 41.5 Å². The van der Waals surface area contributed by atoms with Crippen molar-refractivity contribution in [2.45, 2.75) is 6.42 Å². The summed E-state index contributed by atoms with van der Waals surface area (Å²) in [6.07, 6.45) is 3.19. The number of nitrogens with one attached hydrogen (secondary N) is 1. The number of nitrogens with two attached hydrogens (primary N) is 1. The first-order valence-electron chi connectivity index (χ1n) is 7.47. The first-order chi connectivity index (χ1) is 12.0. The van der Waals surface area contributed by atoms with Crippen LogP contribution in [-0.2, 0) is 16.0 Å². The Bertz CT molecular complexity index is 847. The van der Waals surface area contributed by atoms with Crippen LogP contribution in [0.3, 0.4) is 0 Å². The zero-order valence-electron chi connectivity index (χ0n) is 13.1. The summed E-state index contributed by atoms with van der Waals surface area (Å²) in [7, 11) is 0. The van der Waals surface area contributed by atoms with E-state index in [0.29, 0.717) is 22.2 Å². The molecule has 3 N–H and O–H groups in total. The summed E-state index contributed by atoms with van der Waals surface area (Å²) in [5.74, 6) is 0.371. The number of rotatable bonds is 5. The molecule has 7 heteroatoms. The molecule has 0 saturated carbocycles. The molecule has 1 aliphatic heterocycles. The Hall–Kier alpha value is -2.99. The standard InChI is InChI=1S/C18H15ClN2O4/c19-14-7-12(8-15-18(14)25-10-24-15)3-6-17(23)21-13-4-1-11(2-5-13)9-16(20)22/h1-8H,9-10H2,(H2,20,22)(H,21,23)/b6-3+. The predicted molar refractivity (Wildman–Crippen MR) is 94.6 cm³/mol. The molecule has 0 aliphatic carbocycles. The van der Waals surface area contributed by atoms with Crippen LogP contribution in [0.2, 0.25) is 5.02 Å². The van der Waals surface area contributed by atoms with Crippen molar-refractivity contribution in [3.63, 3.8) is 0 Å². The molecule has 0 saturated heterocycles. The largest absolute Gasteiger partial charge is 0.454 e. The summed E-state index contributed by atoms with van der Waals surface area (Å²) >= 11 is 6.10. The fraction of sp³-hybridized carbons (Fsp3) is 0.111. The molecule has 0 radical (unpaired) electrons. The maximum Gasteiger partial charge on any atom is 0.248 e. The number of fused-ring (bicyclic) bond motifs is 1. The van der Waals surface area contributed by atoms with Gasteiger partial charge < -0.3 is 20.5 Å². The average Bonchev–Trinajstić information content (AvgIpc) is 3.03. The van der Waals surface area contributed by atoms with Gasteiger partial charge in [0.2, 0.25) is 18.6 Å². The Kier molecular flexibility index (Phi) is 4.90. The summed E-state index contributed by atoms with van der Waals surface area (Å²) in [6, 6.07) is 10.3. The fourth-order valence-electron chi connectivity index (χ4n) is 2.35. The zero-order valence-corrected chi connectivity index (χ0v) is 13.9. The molecule has 2 aromatic rings. The van der Waals surface area contributed by atoms with E-state index in [1.165, 1.54) is 6.08 Å². The smallest absolute Gasteiger partial charge is 0.248 e. The number of halogens is 1. The van der Waals surface area contributed by atoms with Gasteiger partial charge in [0.1, 0.15) is 0 Å². The van der Waals surface area contributed by atoms with Crippen molar-refractivity contribution in [1.82, 2.24) is 0 Å². The second kappa shape index (κ2) is 7.27. The molecule has 6 nitrogen and oxygen atoms in total. The highest BCUT2D eigenvalue weighted by molar-refractivity contribution is 6.32. The lowest BCUT2D eigenvalue weighted by Gasteiger charge is -2.04. The van der Waals surface area contributed by atoms with Crippen LogP contribution < -0.4 is 20.5 Å². The summed E-state index contributed by atoms with van der Waals surface area (Å²) < 4.78 is 10.5. The van der Waals surface area contributed by atoms with E-state index in [2.05, 4.69) is 5.32 Å². The van der Waals surface area contributed by atoms with Crippen molar-refractivity contribution in [1.29, 1.82) is 0 Å². The number of benzene rings is 2. The zero-order chi connectivity index (χ0) is 17.8. The molecule has 0 bridgehead atoms. The molecule has 128 valence electrons. The van der Waals surface area contributed by atoms with Gasteiger partial charge in [-0.1, -0.05) is 23.7 Å². The first kappa shape index (κ1) is 16.9. The van der Waals surface area contributed by atoms with Crippen LogP contribution in [0.15, 0.2) is 42.5 Å². The van der Waals surface area contributed by atoms with Crippen LogP contribution in [0.5, 0.6) is 11.5 Å². The van der Waals surface area contributed by atoms with Gasteiger partial charge in [-0.15, -0.1) is 0 Å². The number of carbonyl (C=O) groups excluding carboxylic acids is 2. The van der Waals surface area contributed by atoms with E-state index in [9.17, 15) is 9.59 Å². The minimum Gasteiger partial charge on any atom is -0.454 e. The third-order valence-corrected chi connectivity index (χ3v) is 3.76. The second-order valence-electron chi connectivity index (χ2n) is 5.40. The van der Waals surface area contributed by atoms with Crippen molar-refractivity contribution in [2.75, 3.05) is 12.1 Å². The molecule has 2 aromatic carbocycles. The molecule has 1 aliphatic rings. The van der Waals surface area contributed by atoms with Gasteiger partial charge in [0.25, 0.3) is 0 Å². The number of hydrogen-bond acceptors (Lipinski definition) is 4. The maximum atomic E-state index is 12.0. The normalized spacial score (nSPS) is 12.4. The molecule has 0 spiro atoms. The van der Waals surface area contributed by atoms with E-state index >= 15 is 0 Å². The summed E-state index contributed by atoms with van der Waals surface area (Å²) in [6.45, 7) is 0.133. The maximum absolute atomic E-state index is 12.0. The third kappa shape index (κ3) is 4.30. The van der Waals surface area contributed by atoms with Crippen molar-refractivity contribution >= 4 is 35.2 Å². The number of amides is 2. The molecule has 0 fully saturated rings. The highest BCUT2D eigenvalue weighted by Gasteiger charge is 2.17. The van der Waals surface area contributed by atoms with Crippen LogP contribution >= 0.6 is 11.6 Å². The average molecular weight is 359 g/mol. The van der Waals surface area contributed by atoms with Crippen molar-refractivity contribution in [2.24, 2.45) is 5.73 Å². The lowest BCUT2D eigenvalue weighted by Crippen LogP contribution is -2.13. The Balaban J connectivity index is 1.63. The summed E-state index contributed by atoms with van der Waals surface area (Å²) in [5.41, 5.74) is 7.27. The number of carbonyl (C=O) groups is 2. The SMILES string of the molecule is NC(=O)Cc1ccc(NC(=O)/C=C/c2cc(Cl)c3c(c2)OCO3)cc1. The second-order valence-corrected chi connectivity index (χ2v) is 5.81. The Morgan fingerprint density at radius 1 is 1.20 bits per heavy atom. The summed E-state index contributed by atoms with van der Waals surface area (Å²) in [5, 5.41) is 3.16. The highest BCUT2D eigenvalue weighted by Crippen LogP contribution is 2.40. The minimum atomic E-state index is -0.401. The van der Waals surface area contributed by atoms with Gasteiger partial charge in [0, 0.05) is 11.8 Å². The van der Waals surface area contributed by atoms with Crippen molar-refractivity contribution < 1.29 is 19.1 Å². The molecular weight excluding hydrogens is 344 g/mol. The number of anilines is 1. The first-order valence-corrected chi connectivity index (χ1v) is 7.84. The molecule has 25 heavy (non-hydrogen) atoms. The Morgan fingerprint density at radius 3 is 2.68 bits per heavy atom. The highest BCUT2D eigenvalue weighted by atomic mass is 35.5. The van der Waals surface area contributed by atoms with Gasteiger partial charge >= 0.3 is 0 Å². The van der Waals surface area contributed by atoms with E-state index in [1.807, 2.05) is 0 Å². The molecule has 0 unspecified atom stereocenters.